The fourth-order valence-electron chi connectivity index (χ4n) is 1.37. The van der Waals surface area contributed by atoms with Crippen molar-refractivity contribution in [3.05, 3.63) is 12.7 Å². The molecule has 0 saturated heterocycles. The van der Waals surface area contributed by atoms with Crippen LogP contribution in [0.3, 0.4) is 0 Å². The van der Waals surface area contributed by atoms with Gasteiger partial charge in [0.25, 0.3) is 5.92 Å². The number of halogens is 2. The van der Waals surface area contributed by atoms with Gasteiger partial charge >= 0.3 is 6.09 Å². The Bertz CT molecular complexity index is 315. The molecule has 0 aliphatic rings. The van der Waals surface area contributed by atoms with E-state index in [0.29, 0.717) is 0 Å². The van der Waals surface area contributed by atoms with Crippen LogP contribution in [-0.2, 0) is 4.74 Å². The predicted octanol–water partition coefficient (Wildman–Crippen LogP) is 3.09. The van der Waals surface area contributed by atoms with Gasteiger partial charge in [-0.05, 0) is 40.5 Å². The minimum absolute atomic E-state index is 0.0274. The molecule has 0 radical (unpaired) electrons. The van der Waals surface area contributed by atoms with Crippen molar-refractivity contribution in [2.24, 2.45) is 0 Å². The van der Waals surface area contributed by atoms with Gasteiger partial charge in [0.15, 0.2) is 0 Å². The molecule has 0 saturated carbocycles. The first-order chi connectivity index (χ1) is 9.06. The molecule has 0 aromatic heterocycles. The molecular weight excluding hydrogens is 266 g/mol. The number of alkyl carbamates (subject to hydrolysis) is 1. The summed E-state index contributed by atoms with van der Waals surface area (Å²) >= 11 is 0. The Kier molecular flexibility index (Phi) is 7.71. The molecule has 4 nitrogen and oxygen atoms in total. The number of nitrogens with one attached hydrogen (secondary N) is 2. The maximum atomic E-state index is 13.5. The third-order valence-corrected chi connectivity index (χ3v) is 2.40. The van der Waals surface area contributed by atoms with Gasteiger partial charge in [0, 0.05) is 6.04 Å². The molecular formula is C14H26F2N2O2. The summed E-state index contributed by atoms with van der Waals surface area (Å²) in [5.41, 5.74) is -0.698. The largest absolute Gasteiger partial charge is 0.444 e. The van der Waals surface area contributed by atoms with Crippen molar-refractivity contribution in [2.45, 2.75) is 58.1 Å². The molecule has 0 heterocycles. The zero-order valence-corrected chi connectivity index (χ0v) is 12.8. The van der Waals surface area contributed by atoms with E-state index >= 15 is 0 Å². The van der Waals surface area contributed by atoms with Crippen molar-refractivity contribution in [3.63, 3.8) is 0 Å². The van der Waals surface area contributed by atoms with Crippen molar-refractivity contribution in [3.8, 4) is 0 Å². The van der Waals surface area contributed by atoms with Gasteiger partial charge in [-0.25, -0.2) is 13.6 Å². The van der Waals surface area contributed by atoms with Crippen molar-refractivity contribution in [1.29, 1.82) is 0 Å². The highest BCUT2D eigenvalue weighted by Crippen LogP contribution is 2.12. The van der Waals surface area contributed by atoms with Crippen LogP contribution in [0, 0.1) is 0 Å². The van der Waals surface area contributed by atoms with Crippen molar-refractivity contribution < 1.29 is 18.3 Å². The quantitative estimate of drug-likeness (QED) is 0.676. The first-order valence-corrected chi connectivity index (χ1v) is 6.75. The molecule has 0 aliphatic heterocycles. The molecule has 1 amide bonds. The molecule has 2 N–H and O–H groups in total. The van der Waals surface area contributed by atoms with Crippen molar-refractivity contribution in [1.82, 2.24) is 10.6 Å². The van der Waals surface area contributed by atoms with Gasteiger partial charge in [0.2, 0.25) is 0 Å². The number of allylic oxidation sites excluding steroid dienone is 1. The Balaban J connectivity index is 4.00. The summed E-state index contributed by atoms with van der Waals surface area (Å²) in [6.45, 7) is 9.21. The van der Waals surface area contributed by atoms with Gasteiger partial charge < -0.3 is 15.4 Å². The second kappa shape index (κ2) is 8.19. The van der Waals surface area contributed by atoms with Gasteiger partial charge in [-0.1, -0.05) is 6.08 Å². The summed E-state index contributed by atoms with van der Waals surface area (Å²) < 4.78 is 32.0. The summed E-state index contributed by atoms with van der Waals surface area (Å²) in [5, 5.41) is 4.82. The highest BCUT2D eigenvalue weighted by molar-refractivity contribution is 5.67. The first-order valence-electron chi connectivity index (χ1n) is 6.75. The van der Waals surface area contributed by atoms with Crippen LogP contribution in [0.1, 0.15) is 40.5 Å². The molecule has 1 atom stereocenters. The molecule has 6 heteroatoms. The maximum Gasteiger partial charge on any atom is 0.407 e. The topological polar surface area (TPSA) is 50.4 Å². The Morgan fingerprint density at radius 3 is 2.45 bits per heavy atom. The summed E-state index contributed by atoms with van der Waals surface area (Å²) in [6.07, 6.45) is 2.44. The fourth-order valence-corrected chi connectivity index (χ4v) is 1.37. The van der Waals surface area contributed by atoms with Crippen LogP contribution >= 0.6 is 0 Å². The van der Waals surface area contributed by atoms with E-state index in [1.807, 2.05) is 6.92 Å². The standard InChI is InChI=1S/C14H26F2N2O2/c1-6-7-8-11(2)17-9-14(15,16)10-18-12(19)20-13(3,4)5/h6,11,17H,1,7-10H2,2-5H3,(H,18,19). The van der Waals surface area contributed by atoms with E-state index in [4.69, 9.17) is 4.74 Å². The normalized spacial score (nSPS) is 13.7. The van der Waals surface area contributed by atoms with Gasteiger partial charge in [0.05, 0.1) is 13.1 Å². The van der Waals surface area contributed by atoms with Gasteiger partial charge in [-0.2, -0.15) is 0 Å². The van der Waals surface area contributed by atoms with Crippen LogP contribution in [-0.4, -0.2) is 36.7 Å². The van der Waals surface area contributed by atoms with Gasteiger partial charge in [0.1, 0.15) is 5.60 Å². The van der Waals surface area contributed by atoms with Gasteiger partial charge in [-0.15, -0.1) is 6.58 Å². The van der Waals surface area contributed by atoms with E-state index in [9.17, 15) is 13.6 Å². The number of amides is 1. The van der Waals surface area contributed by atoms with E-state index in [1.54, 1.807) is 26.8 Å². The Hall–Kier alpha value is -1.17. The third kappa shape index (κ3) is 10.7. The van der Waals surface area contributed by atoms with Crippen molar-refractivity contribution >= 4 is 6.09 Å². The SMILES string of the molecule is C=CCCC(C)NCC(F)(F)CNC(=O)OC(C)(C)C. The molecule has 0 aromatic carbocycles. The number of ether oxygens (including phenoxy) is 1. The number of rotatable bonds is 8. The van der Waals surface area contributed by atoms with Crippen LogP contribution in [0.2, 0.25) is 0 Å². The van der Waals surface area contributed by atoms with Crippen molar-refractivity contribution in [2.75, 3.05) is 13.1 Å². The Morgan fingerprint density at radius 1 is 1.35 bits per heavy atom. The minimum Gasteiger partial charge on any atom is -0.444 e. The van der Waals surface area contributed by atoms with Crippen LogP contribution in [0.25, 0.3) is 0 Å². The van der Waals surface area contributed by atoms with E-state index < -0.39 is 30.7 Å². The fraction of sp³-hybridized carbons (Fsp3) is 0.786. The second-order valence-corrected chi connectivity index (χ2v) is 5.86. The van der Waals surface area contributed by atoms with E-state index in [1.165, 1.54) is 0 Å². The maximum absolute atomic E-state index is 13.5. The number of carbonyl (C=O) groups excluding carboxylic acids is 1. The predicted molar refractivity (Wildman–Crippen MR) is 76.1 cm³/mol. The smallest absolute Gasteiger partial charge is 0.407 e. The summed E-state index contributed by atoms with van der Waals surface area (Å²) in [6, 6.07) is -0.0274. The van der Waals surface area contributed by atoms with E-state index in [0.717, 1.165) is 12.8 Å². The lowest BCUT2D eigenvalue weighted by Crippen LogP contribution is -2.46. The summed E-state index contributed by atoms with van der Waals surface area (Å²) in [7, 11) is 0. The van der Waals surface area contributed by atoms with Crippen LogP contribution in [0.15, 0.2) is 12.7 Å². The molecule has 0 aliphatic carbocycles. The first kappa shape index (κ1) is 18.8. The number of carbonyl (C=O) groups is 1. The zero-order valence-electron chi connectivity index (χ0n) is 12.8. The second-order valence-electron chi connectivity index (χ2n) is 5.86. The van der Waals surface area contributed by atoms with E-state index in [-0.39, 0.29) is 6.04 Å². The van der Waals surface area contributed by atoms with Crippen LogP contribution in [0.4, 0.5) is 13.6 Å². The number of hydrogen-bond donors (Lipinski definition) is 2. The average Bonchev–Trinajstić information content (AvgIpc) is 2.29. The van der Waals surface area contributed by atoms with Crippen LogP contribution < -0.4 is 10.6 Å². The molecule has 20 heavy (non-hydrogen) atoms. The zero-order chi connectivity index (χ0) is 15.8. The van der Waals surface area contributed by atoms with Crippen LogP contribution in [0.5, 0.6) is 0 Å². The van der Waals surface area contributed by atoms with Gasteiger partial charge in [-0.3, -0.25) is 0 Å². The molecule has 0 bridgehead atoms. The number of alkyl halides is 2. The molecule has 0 rings (SSSR count). The summed E-state index contributed by atoms with van der Waals surface area (Å²) in [5.74, 6) is -3.01. The lowest BCUT2D eigenvalue weighted by Gasteiger charge is -2.23. The average molecular weight is 292 g/mol. The molecule has 0 spiro atoms. The van der Waals surface area contributed by atoms with E-state index in [2.05, 4.69) is 17.2 Å². The lowest BCUT2D eigenvalue weighted by molar-refractivity contribution is -0.00533. The highest BCUT2D eigenvalue weighted by Gasteiger charge is 2.30. The molecule has 0 fully saturated rings. The minimum atomic E-state index is -3.01. The Labute approximate surface area is 119 Å². The monoisotopic (exact) mass is 292 g/mol. The third-order valence-electron chi connectivity index (χ3n) is 2.40. The Morgan fingerprint density at radius 2 is 1.95 bits per heavy atom. The molecule has 1 unspecified atom stereocenters. The summed E-state index contributed by atoms with van der Waals surface area (Å²) in [4.78, 5) is 11.3. The molecule has 0 aromatic rings. The molecule has 118 valence electrons. The highest BCUT2D eigenvalue weighted by atomic mass is 19.3. The lowest BCUT2D eigenvalue weighted by atomic mass is 10.2. The number of hydrogen-bond acceptors (Lipinski definition) is 3.